The van der Waals surface area contributed by atoms with E-state index in [0.29, 0.717) is 26.4 Å². The van der Waals surface area contributed by atoms with Crippen molar-refractivity contribution >= 4 is 30.8 Å². The van der Waals surface area contributed by atoms with Gasteiger partial charge >= 0.3 is 12.2 Å². The zero-order chi connectivity index (χ0) is 33.3. The van der Waals surface area contributed by atoms with Crippen LogP contribution >= 0.6 is 0 Å². The lowest BCUT2D eigenvalue weighted by molar-refractivity contribution is -0.267. The summed E-state index contributed by atoms with van der Waals surface area (Å²) in [7, 11) is -1.40. The van der Waals surface area contributed by atoms with Crippen LogP contribution in [0.15, 0.2) is 30.6 Å². The molecule has 0 bridgehead atoms. The number of carbonyl (C=O) groups excluding carboxylic acids is 1. The van der Waals surface area contributed by atoms with Gasteiger partial charge in [-0.3, -0.25) is 0 Å². The molecule has 46 heavy (non-hydrogen) atoms. The Kier molecular flexibility index (Phi) is 9.66. The maximum atomic E-state index is 15.3. The van der Waals surface area contributed by atoms with Crippen LogP contribution in [0.3, 0.4) is 0 Å². The Morgan fingerprint density at radius 1 is 1.11 bits per heavy atom. The lowest BCUT2D eigenvalue weighted by Gasteiger charge is -2.41. The summed E-state index contributed by atoms with van der Waals surface area (Å²) in [6.45, 7) is 8.39. The fraction of sp³-hybridized carbons (Fsp3) is 0.533. The predicted octanol–water partition coefficient (Wildman–Crippen LogP) is 6.38. The third-order valence-electron chi connectivity index (χ3n) is 7.66. The highest BCUT2D eigenvalue weighted by Crippen LogP contribution is 2.44. The number of alkyl halides is 3. The zero-order valence-electron chi connectivity index (χ0n) is 26.0. The lowest BCUT2D eigenvalue weighted by Crippen LogP contribution is -2.50. The number of fused-ring (bicyclic) bond motifs is 1. The standard InChI is InChI=1S/C30H37F5N4O6Si/c1-28(13-42-14-28)12-37-27(40)38-19-9-21(31)25(22(32)10-19)45-23-5-6-36-26-24(23)20(11-39(26)18-41-7-8-46(2,3)4)29(15-43-16-29)44-17-30(33,34)35/h5-6,9-11H,7-8,12-18H2,1-4H3,(H2,37,38,40). The van der Waals surface area contributed by atoms with E-state index < -0.39 is 49.9 Å². The third kappa shape index (κ3) is 7.97. The van der Waals surface area contributed by atoms with Crippen LogP contribution in [-0.4, -0.2) is 76.0 Å². The van der Waals surface area contributed by atoms with E-state index in [0.717, 1.165) is 18.2 Å². The summed E-state index contributed by atoms with van der Waals surface area (Å²) in [5.41, 5.74) is -1.37. The first-order chi connectivity index (χ1) is 21.6. The van der Waals surface area contributed by atoms with Gasteiger partial charge in [0.1, 0.15) is 30.3 Å². The Morgan fingerprint density at radius 2 is 1.78 bits per heavy atom. The molecule has 2 aromatic heterocycles. The summed E-state index contributed by atoms with van der Waals surface area (Å²) in [5.74, 6) is -3.09. The van der Waals surface area contributed by atoms with E-state index in [-0.39, 0.29) is 53.4 Å². The second-order valence-electron chi connectivity index (χ2n) is 13.2. The van der Waals surface area contributed by atoms with E-state index in [9.17, 15) is 18.0 Å². The summed E-state index contributed by atoms with van der Waals surface area (Å²) in [4.78, 5) is 16.7. The molecule has 16 heteroatoms. The van der Waals surface area contributed by atoms with Crippen LogP contribution in [0, 0.1) is 17.0 Å². The van der Waals surface area contributed by atoms with Crippen molar-refractivity contribution in [3.63, 3.8) is 0 Å². The largest absolute Gasteiger partial charge is 0.450 e. The minimum Gasteiger partial charge on any atom is -0.450 e. The molecular formula is C30H37F5N4O6Si. The molecule has 5 rings (SSSR count). The molecule has 2 aliphatic heterocycles. The Bertz CT molecular complexity index is 1550. The lowest BCUT2D eigenvalue weighted by atomic mass is 9.89. The van der Waals surface area contributed by atoms with Crippen molar-refractivity contribution in [3.8, 4) is 11.5 Å². The number of benzene rings is 1. The predicted molar refractivity (Wildman–Crippen MR) is 161 cm³/mol. The van der Waals surface area contributed by atoms with Crippen LogP contribution in [0.2, 0.25) is 25.7 Å². The van der Waals surface area contributed by atoms with Crippen molar-refractivity contribution in [3.05, 3.63) is 47.8 Å². The minimum atomic E-state index is -4.61. The van der Waals surface area contributed by atoms with Gasteiger partial charge in [-0.05, 0) is 12.1 Å². The molecule has 2 aliphatic rings. The molecule has 2 saturated heterocycles. The number of halogens is 5. The summed E-state index contributed by atoms with van der Waals surface area (Å²) in [6.07, 6.45) is -1.71. The van der Waals surface area contributed by atoms with Crippen LogP contribution in [0.5, 0.6) is 11.5 Å². The van der Waals surface area contributed by atoms with E-state index in [2.05, 4.69) is 35.3 Å². The zero-order valence-corrected chi connectivity index (χ0v) is 27.0. The number of aromatic nitrogens is 2. The van der Waals surface area contributed by atoms with Gasteiger partial charge in [0.15, 0.2) is 17.4 Å². The number of amides is 2. The topological polar surface area (TPSA) is 105 Å². The molecule has 3 aromatic rings. The molecule has 10 nitrogen and oxygen atoms in total. The molecule has 0 radical (unpaired) electrons. The van der Waals surface area contributed by atoms with Gasteiger partial charge < -0.3 is 38.9 Å². The Hall–Kier alpha value is -3.31. The van der Waals surface area contributed by atoms with E-state index in [4.69, 9.17) is 23.7 Å². The van der Waals surface area contributed by atoms with Crippen molar-refractivity contribution in [2.45, 2.75) is 51.1 Å². The van der Waals surface area contributed by atoms with Gasteiger partial charge in [0.2, 0.25) is 0 Å². The van der Waals surface area contributed by atoms with Gasteiger partial charge in [0.25, 0.3) is 0 Å². The summed E-state index contributed by atoms with van der Waals surface area (Å²) in [5, 5.41) is 5.24. The Morgan fingerprint density at radius 3 is 2.35 bits per heavy atom. The molecule has 1 aromatic carbocycles. The maximum absolute atomic E-state index is 15.3. The van der Waals surface area contributed by atoms with Gasteiger partial charge in [-0.1, -0.05) is 26.6 Å². The smallest absolute Gasteiger partial charge is 0.411 e. The number of hydrogen-bond donors (Lipinski definition) is 2. The highest BCUT2D eigenvalue weighted by molar-refractivity contribution is 6.76. The number of anilines is 1. The highest BCUT2D eigenvalue weighted by atomic mass is 28.3. The maximum Gasteiger partial charge on any atom is 0.411 e. The monoisotopic (exact) mass is 672 g/mol. The van der Waals surface area contributed by atoms with Gasteiger partial charge in [0, 0.05) is 62.4 Å². The quantitative estimate of drug-likeness (QED) is 0.123. The van der Waals surface area contributed by atoms with E-state index >= 15 is 8.78 Å². The SMILES string of the molecule is CC1(CNC(=O)Nc2cc(F)c(Oc3ccnc4c3c(C3(OCC(F)(F)F)COC3)cn4COCC[Si](C)(C)C)c(F)c2)COC1. The molecular weight excluding hydrogens is 635 g/mol. The van der Waals surface area contributed by atoms with Crippen molar-refractivity contribution < 1.29 is 50.4 Å². The molecule has 0 atom stereocenters. The highest BCUT2D eigenvalue weighted by Gasteiger charge is 2.47. The fourth-order valence-corrected chi connectivity index (χ4v) is 5.70. The van der Waals surface area contributed by atoms with Crippen LogP contribution in [-0.2, 0) is 31.3 Å². The van der Waals surface area contributed by atoms with Gasteiger partial charge in [-0.2, -0.15) is 13.2 Å². The van der Waals surface area contributed by atoms with Gasteiger partial charge in [-0.15, -0.1) is 0 Å². The number of hydrogen-bond acceptors (Lipinski definition) is 7. The number of ether oxygens (including phenoxy) is 5. The molecule has 2 amide bonds. The number of rotatable bonds is 13. The van der Waals surface area contributed by atoms with Crippen molar-refractivity contribution in [2.75, 3.05) is 51.5 Å². The van der Waals surface area contributed by atoms with Crippen LogP contribution in [0.1, 0.15) is 12.5 Å². The normalized spacial score (nSPS) is 17.3. The molecule has 2 N–H and O–H groups in total. The number of carbonyl (C=O) groups is 1. The molecule has 4 heterocycles. The second kappa shape index (κ2) is 13.1. The third-order valence-corrected chi connectivity index (χ3v) is 9.37. The number of pyridine rings is 1. The van der Waals surface area contributed by atoms with E-state index in [1.807, 2.05) is 6.92 Å². The van der Waals surface area contributed by atoms with Crippen molar-refractivity contribution in [1.29, 1.82) is 0 Å². The average molecular weight is 673 g/mol. The minimum absolute atomic E-state index is 0.0188. The Labute approximate surface area is 263 Å². The van der Waals surface area contributed by atoms with E-state index in [1.54, 1.807) is 10.8 Å². The number of nitrogens with one attached hydrogen (secondary N) is 2. The van der Waals surface area contributed by atoms with Crippen LogP contribution in [0.25, 0.3) is 11.0 Å². The Balaban J connectivity index is 1.43. The van der Waals surface area contributed by atoms with Crippen molar-refractivity contribution in [1.82, 2.24) is 14.9 Å². The second-order valence-corrected chi connectivity index (χ2v) is 18.9. The molecule has 0 aliphatic carbocycles. The first-order valence-electron chi connectivity index (χ1n) is 14.7. The summed E-state index contributed by atoms with van der Waals surface area (Å²) in [6, 6.07) is 3.38. The molecule has 0 spiro atoms. The average Bonchev–Trinajstić information content (AvgIpc) is 3.29. The first-order valence-corrected chi connectivity index (χ1v) is 18.4. The first kappa shape index (κ1) is 34.0. The molecule has 0 saturated carbocycles. The van der Waals surface area contributed by atoms with Crippen LogP contribution in [0.4, 0.5) is 32.4 Å². The number of urea groups is 1. The molecule has 252 valence electrons. The van der Waals surface area contributed by atoms with Crippen molar-refractivity contribution in [2.24, 2.45) is 5.41 Å². The number of nitrogens with zero attached hydrogens (tertiary/aromatic N) is 2. The summed E-state index contributed by atoms with van der Waals surface area (Å²) < 4.78 is 99.3. The van der Waals surface area contributed by atoms with Gasteiger partial charge in [0.05, 0.1) is 31.8 Å². The summed E-state index contributed by atoms with van der Waals surface area (Å²) >= 11 is 0. The van der Waals surface area contributed by atoms with Crippen LogP contribution < -0.4 is 15.4 Å². The van der Waals surface area contributed by atoms with Gasteiger partial charge in [-0.25, -0.2) is 18.6 Å². The molecule has 2 fully saturated rings. The molecule has 0 unspecified atom stereocenters. The fourth-order valence-electron chi connectivity index (χ4n) is 4.94. The van der Waals surface area contributed by atoms with E-state index in [1.165, 1.54) is 12.3 Å².